The third-order valence-electron chi connectivity index (χ3n) is 6.12. The van der Waals surface area contributed by atoms with Gasteiger partial charge in [0, 0.05) is 51.3 Å². The molecular formula is C24H29ClN4O4. The molecule has 0 bridgehead atoms. The SMILES string of the molecule is COc1ccccc1N1CCN(CCNC(=O)c2cc(Cl)cc3c2OC(C)C(=O)N3C)CC1. The van der Waals surface area contributed by atoms with Gasteiger partial charge in [0.25, 0.3) is 11.8 Å². The summed E-state index contributed by atoms with van der Waals surface area (Å²) in [5.41, 5.74) is 1.95. The second-order valence-corrected chi connectivity index (χ2v) is 8.65. The fourth-order valence-electron chi connectivity index (χ4n) is 4.27. The van der Waals surface area contributed by atoms with E-state index in [2.05, 4.69) is 21.2 Å². The molecule has 2 aromatic carbocycles. The molecule has 0 radical (unpaired) electrons. The van der Waals surface area contributed by atoms with Gasteiger partial charge in [0.1, 0.15) is 5.75 Å². The van der Waals surface area contributed by atoms with Crippen LogP contribution in [0.5, 0.6) is 11.5 Å². The molecule has 1 atom stereocenters. The molecule has 9 heteroatoms. The third-order valence-corrected chi connectivity index (χ3v) is 6.34. The van der Waals surface area contributed by atoms with Crippen LogP contribution in [-0.2, 0) is 4.79 Å². The number of ether oxygens (including phenoxy) is 2. The number of para-hydroxylation sites is 2. The van der Waals surface area contributed by atoms with Gasteiger partial charge in [0.2, 0.25) is 0 Å². The molecule has 4 rings (SSSR count). The average Bonchev–Trinajstić information content (AvgIpc) is 2.83. The highest BCUT2D eigenvalue weighted by Crippen LogP contribution is 2.39. The minimum atomic E-state index is -0.658. The van der Waals surface area contributed by atoms with E-state index in [1.807, 2.05) is 18.2 Å². The second kappa shape index (κ2) is 9.89. The molecule has 0 aromatic heterocycles. The fraction of sp³-hybridized carbons (Fsp3) is 0.417. The Labute approximate surface area is 199 Å². The minimum Gasteiger partial charge on any atom is -0.495 e. The molecule has 0 spiro atoms. The van der Waals surface area contributed by atoms with Crippen LogP contribution in [0.15, 0.2) is 36.4 Å². The Hall–Kier alpha value is -2.97. The van der Waals surface area contributed by atoms with Crippen LogP contribution in [0.1, 0.15) is 17.3 Å². The number of likely N-dealkylation sites (N-methyl/N-ethyl adjacent to an activating group) is 1. The fourth-order valence-corrected chi connectivity index (χ4v) is 4.48. The predicted octanol–water partition coefficient (Wildman–Crippen LogP) is 2.64. The number of carbonyl (C=O) groups excluding carboxylic acids is 2. The summed E-state index contributed by atoms with van der Waals surface area (Å²) in [5, 5.41) is 3.35. The minimum absolute atomic E-state index is 0.177. The van der Waals surface area contributed by atoms with Gasteiger partial charge in [-0.1, -0.05) is 23.7 Å². The van der Waals surface area contributed by atoms with E-state index in [1.165, 1.54) is 4.90 Å². The first-order chi connectivity index (χ1) is 15.9. The van der Waals surface area contributed by atoms with Gasteiger partial charge >= 0.3 is 0 Å². The lowest BCUT2D eigenvalue weighted by molar-refractivity contribution is -0.125. The average molecular weight is 473 g/mol. The lowest BCUT2D eigenvalue weighted by Gasteiger charge is -2.36. The third kappa shape index (κ3) is 4.86. The van der Waals surface area contributed by atoms with Crippen molar-refractivity contribution in [3.8, 4) is 11.5 Å². The number of nitrogens with one attached hydrogen (secondary N) is 1. The van der Waals surface area contributed by atoms with Crippen LogP contribution in [-0.4, -0.2) is 76.2 Å². The zero-order valence-corrected chi connectivity index (χ0v) is 19.9. The monoisotopic (exact) mass is 472 g/mol. The van der Waals surface area contributed by atoms with Crippen LogP contribution in [0.25, 0.3) is 0 Å². The Kier molecular flexibility index (Phi) is 6.95. The van der Waals surface area contributed by atoms with E-state index in [1.54, 1.807) is 33.2 Å². The van der Waals surface area contributed by atoms with Gasteiger partial charge in [-0.05, 0) is 31.2 Å². The molecule has 2 aliphatic rings. The van der Waals surface area contributed by atoms with E-state index in [0.29, 0.717) is 28.6 Å². The van der Waals surface area contributed by atoms with E-state index in [-0.39, 0.29) is 11.8 Å². The molecule has 1 fully saturated rings. The number of hydrogen-bond donors (Lipinski definition) is 1. The molecule has 2 heterocycles. The highest BCUT2D eigenvalue weighted by molar-refractivity contribution is 6.31. The summed E-state index contributed by atoms with van der Waals surface area (Å²) in [6, 6.07) is 11.3. The number of rotatable bonds is 6. The van der Waals surface area contributed by atoms with Crippen molar-refractivity contribution in [2.24, 2.45) is 0 Å². The standard InChI is InChI=1S/C24H29ClN4O4/c1-16-24(31)27(2)20-15-17(25)14-18(22(20)33-16)23(30)26-8-9-28-10-12-29(13-11-28)19-6-4-5-7-21(19)32-3/h4-7,14-16H,8-13H2,1-3H3,(H,26,30). The van der Waals surface area contributed by atoms with E-state index >= 15 is 0 Å². The molecule has 8 nitrogen and oxygen atoms in total. The highest BCUT2D eigenvalue weighted by Gasteiger charge is 2.32. The Morgan fingerprint density at radius 3 is 2.64 bits per heavy atom. The Morgan fingerprint density at radius 1 is 1.18 bits per heavy atom. The maximum atomic E-state index is 12.9. The quantitative estimate of drug-likeness (QED) is 0.696. The number of hydrogen-bond acceptors (Lipinski definition) is 6. The van der Waals surface area contributed by atoms with Gasteiger partial charge < -0.3 is 24.6 Å². The summed E-state index contributed by atoms with van der Waals surface area (Å²) >= 11 is 6.22. The maximum absolute atomic E-state index is 12.9. The molecule has 2 aliphatic heterocycles. The number of methoxy groups -OCH3 is 1. The smallest absolute Gasteiger partial charge is 0.267 e. The number of anilines is 2. The van der Waals surface area contributed by atoms with Crippen LogP contribution < -0.4 is 24.6 Å². The number of fused-ring (bicyclic) bond motifs is 1. The zero-order chi connectivity index (χ0) is 23.5. The van der Waals surface area contributed by atoms with Crippen LogP contribution in [0.3, 0.4) is 0 Å². The molecular weight excluding hydrogens is 444 g/mol. The van der Waals surface area contributed by atoms with Crippen LogP contribution in [0.2, 0.25) is 5.02 Å². The van der Waals surface area contributed by atoms with Crippen molar-refractivity contribution < 1.29 is 19.1 Å². The van der Waals surface area contributed by atoms with Crippen LogP contribution in [0, 0.1) is 0 Å². The lowest BCUT2D eigenvalue weighted by Crippen LogP contribution is -2.48. The predicted molar refractivity (Wildman–Crippen MR) is 129 cm³/mol. The summed E-state index contributed by atoms with van der Waals surface area (Å²) in [6.45, 7) is 6.48. The first-order valence-electron chi connectivity index (χ1n) is 11.1. The number of benzene rings is 2. The van der Waals surface area contributed by atoms with Crippen molar-refractivity contribution >= 4 is 34.8 Å². The summed E-state index contributed by atoms with van der Waals surface area (Å²) < 4.78 is 11.2. The largest absolute Gasteiger partial charge is 0.495 e. The topological polar surface area (TPSA) is 74.4 Å². The van der Waals surface area contributed by atoms with E-state index in [4.69, 9.17) is 21.1 Å². The number of halogens is 1. The number of amides is 2. The zero-order valence-electron chi connectivity index (χ0n) is 19.1. The highest BCUT2D eigenvalue weighted by atomic mass is 35.5. The van der Waals surface area contributed by atoms with Gasteiger partial charge in [0.05, 0.1) is 24.0 Å². The van der Waals surface area contributed by atoms with E-state index < -0.39 is 6.10 Å². The molecule has 0 aliphatic carbocycles. The Morgan fingerprint density at radius 2 is 1.91 bits per heavy atom. The van der Waals surface area contributed by atoms with Crippen molar-refractivity contribution in [1.82, 2.24) is 10.2 Å². The Bertz CT molecular complexity index is 1040. The van der Waals surface area contributed by atoms with Crippen molar-refractivity contribution in [3.05, 3.63) is 47.0 Å². The molecule has 176 valence electrons. The number of piperazine rings is 1. The van der Waals surface area contributed by atoms with Crippen molar-refractivity contribution in [2.75, 3.05) is 63.2 Å². The molecule has 0 saturated carbocycles. The first-order valence-corrected chi connectivity index (χ1v) is 11.4. The summed E-state index contributed by atoms with van der Waals surface area (Å²) in [6.07, 6.45) is -0.658. The maximum Gasteiger partial charge on any atom is 0.267 e. The van der Waals surface area contributed by atoms with Crippen molar-refractivity contribution in [1.29, 1.82) is 0 Å². The molecule has 1 unspecified atom stereocenters. The first kappa shape index (κ1) is 23.2. The van der Waals surface area contributed by atoms with E-state index in [9.17, 15) is 9.59 Å². The summed E-state index contributed by atoms with van der Waals surface area (Å²) in [7, 11) is 3.35. The summed E-state index contributed by atoms with van der Waals surface area (Å²) in [5.74, 6) is 0.823. The molecule has 1 saturated heterocycles. The normalized spacial score (nSPS) is 18.5. The van der Waals surface area contributed by atoms with Gasteiger partial charge in [-0.3, -0.25) is 14.5 Å². The van der Waals surface area contributed by atoms with Crippen molar-refractivity contribution in [3.63, 3.8) is 0 Å². The molecule has 1 N–H and O–H groups in total. The number of nitrogens with zero attached hydrogens (tertiary/aromatic N) is 3. The summed E-state index contributed by atoms with van der Waals surface area (Å²) in [4.78, 5) is 31.3. The number of carbonyl (C=O) groups is 2. The molecule has 2 aromatic rings. The van der Waals surface area contributed by atoms with Gasteiger partial charge in [-0.25, -0.2) is 0 Å². The lowest BCUT2D eigenvalue weighted by atomic mass is 10.1. The molecule has 33 heavy (non-hydrogen) atoms. The van der Waals surface area contributed by atoms with Crippen molar-refractivity contribution in [2.45, 2.75) is 13.0 Å². The van der Waals surface area contributed by atoms with Gasteiger partial charge in [0.15, 0.2) is 11.9 Å². The van der Waals surface area contributed by atoms with Gasteiger partial charge in [-0.2, -0.15) is 0 Å². The molecule has 2 amide bonds. The van der Waals surface area contributed by atoms with Crippen LogP contribution in [0.4, 0.5) is 11.4 Å². The van der Waals surface area contributed by atoms with Crippen LogP contribution >= 0.6 is 11.6 Å². The van der Waals surface area contributed by atoms with E-state index in [0.717, 1.165) is 44.2 Å². The van der Waals surface area contributed by atoms with Gasteiger partial charge in [-0.15, -0.1) is 0 Å². The Balaban J connectivity index is 1.33. The second-order valence-electron chi connectivity index (χ2n) is 8.22.